The van der Waals surface area contributed by atoms with Gasteiger partial charge in [0.1, 0.15) is 5.00 Å². The third-order valence-electron chi connectivity index (χ3n) is 4.98. The van der Waals surface area contributed by atoms with E-state index >= 15 is 0 Å². The number of nitrogens with one attached hydrogen (secondary N) is 2. The number of carbonyl (C=O) groups excluding carboxylic acids is 1. The highest BCUT2D eigenvalue weighted by Gasteiger charge is 2.18. The van der Waals surface area contributed by atoms with Crippen molar-refractivity contribution in [1.29, 1.82) is 0 Å². The Morgan fingerprint density at radius 3 is 2.55 bits per heavy atom. The zero-order valence-corrected chi connectivity index (χ0v) is 20.0. The zero-order valence-electron chi connectivity index (χ0n) is 18.4. The number of thiophene rings is 1. The van der Waals surface area contributed by atoms with Crippen molar-refractivity contribution in [3.05, 3.63) is 100 Å². The van der Waals surface area contributed by atoms with E-state index in [0.29, 0.717) is 28.0 Å². The van der Waals surface area contributed by atoms with Crippen molar-refractivity contribution < 1.29 is 9.53 Å². The molecule has 6 nitrogen and oxygen atoms in total. The van der Waals surface area contributed by atoms with Gasteiger partial charge in [-0.15, -0.1) is 11.3 Å². The second kappa shape index (κ2) is 10.4. The summed E-state index contributed by atoms with van der Waals surface area (Å²) in [6.45, 7) is 2.74. The number of hydrogen-bond donors (Lipinski definition) is 2. The van der Waals surface area contributed by atoms with Crippen molar-refractivity contribution in [2.24, 2.45) is 0 Å². The van der Waals surface area contributed by atoms with Crippen LogP contribution in [0.4, 0.5) is 10.8 Å². The van der Waals surface area contributed by atoms with E-state index in [4.69, 9.17) is 17.0 Å². The number of nitrogens with zero attached hydrogens (tertiary/aromatic N) is 2. The summed E-state index contributed by atoms with van der Waals surface area (Å²) in [5, 5.41) is 11.8. The summed E-state index contributed by atoms with van der Waals surface area (Å²) in [4.78, 5) is 13.3. The smallest absolute Gasteiger partial charge is 0.340 e. The van der Waals surface area contributed by atoms with Crippen LogP contribution in [0.5, 0.6) is 0 Å². The standard InChI is InChI=1S/C25H24N4O2S2/c1-17-8-10-19(11-9-17)16-29-13-12-22(28-29)26-25(32)27-23-21(24(30)31-2)15-20(33-23)14-18-6-4-3-5-7-18/h3-13,15H,14,16H2,1-2H3,(H2,26,27,28,32). The second-order valence-electron chi connectivity index (χ2n) is 7.57. The van der Waals surface area contributed by atoms with E-state index in [1.54, 1.807) is 0 Å². The Bertz CT molecular complexity index is 1250. The van der Waals surface area contributed by atoms with Gasteiger partial charge >= 0.3 is 5.97 Å². The number of hydrogen-bond acceptors (Lipinski definition) is 5. The largest absolute Gasteiger partial charge is 0.465 e. The maximum absolute atomic E-state index is 12.3. The van der Waals surface area contributed by atoms with Gasteiger partial charge in [-0.2, -0.15) is 5.10 Å². The van der Waals surface area contributed by atoms with E-state index in [-0.39, 0.29) is 0 Å². The minimum atomic E-state index is -0.404. The molecule has 0 fully saturated rings. The van der Waals surface area contributed by atoms with Gasteiger partial charge in [0.25, 0.3) is 0 Å². The van der Waals surface area contributed by atoms with Crippen LogP contribution in [0, 0.1) is 6.92 Å². The zero-order chi connectivity index (χ0) is 23.2. The number of methoxy groups -OCH3 is 1. The van der Waals surface area contributed by atoms with Crippen molar-refractivity contribution in [2.75, 3.05) is 17.7 Å². The summed E-state index contributed by atoms with van der Waals surface area (Å²) in [5.74, 6) is 0.221. The molecule has 0 bridgehead atoms. The number of aromatic nitrogens is 2. The third kappa shape index (κ3) is 6.06. The van der Waals surface area contributed by atoms with Crippen molar-refractivity contribution in [1.82, 2.24) is 9.78 Å². The lowest BCUT2D eigenvalue weighted by atomic mass is 10.1. The van der Waals surface area contributed by atoms with Crippen LogP contribution in [0.15, 0.2) is 72.9 Å². The molecule has 4 rings (SSSR count). The SMILES string of the molecule is COC(=O)c1cc(Cc2ccccc2)sc1NC(=S)Nc1ccn(Cc2ccc(C)cc2)n1. The van der Waals surface area contributed by atoms with Crippen LogP contribution in [0.1, 0.15) is 31.9 Å². The maximum Gasteiger partial charge on any atom is 0.340 e. The van der Waals surface area contributed by atoms with E-state index < -0.39 is 5.97 Å². The van der Waals surface area contributed by atoms with Crippen molar-refractivity contribution in [3.8, 4) is 0 Å². The maximum atomic E-state index is 12.3. The molecule has 0 atom stereocenters. The first kappa shape index (κ1) is 22.7. The quantitative estimate of drug-likeness (QED) is 0.272. The number of benzene rings is 2. The Morgan fingerprint density at radius 2 is 1.82 bits per heavy atom. The van der Waals surface area contributed by atoms with Gasteiger partial charge < -0.3 is 15.4 Å². The highest BCUT2D eigenvalue weighted by molar-refractivity contribution is 7.80. The molecule has 0 aliphatic rings. The Balaban J connectivity index is 1.42. The Morgan fingerprint density at radius 1 is 1.06 bits per heavy atom. The van der Waals surface area contributed by atoms with Crippen LogP contribution in [0.25, 0.3) is 0 Å². The van der Waals surface area contributed by atoms with Crippen LogP contribution >= 0.6 is 23.6 Å². The average Bonchev–Trinajstić information content (AvgIpc) is 3.42. The number of thiocarbonyl (C=S) groups is 1. The fourth-order valence-electron chi connectivity index (χ4n) is 3.33. The molecule has 0 amide bonds. The Hall–Kier alpha value is -3.49. The minimum absolute atomic E-state index is 0.355. The summed E-state index contributed by atoms with van der Waals surface area (Å²) in [7, 11) is 1.37. The molecular formula is C25H24N4O2S2. The molecule has 0 aliphatic heterocycles. The number of aryl methyl sites for hydroxylation is 1. The summed E-state index contributed by atoms with van der Waals surface area (Å²) in [6, 6.07) is 22.2. The minimum Gasteiger partial charge on any atom is -0.465 e. The molecule has 0 unspecified atom stereocenters. The lowest BCUT2D eigenvalue weighted by Gasteiger charge is -2.08. The van der Waals surface area contributed by atoms with E-state index in [9.17, 15) is 4.79 Å². The molecule has 4 aromatic rings. The van der Waals surface area contributed by atoms with Crippen LogP contribution in [-0.4, -0.2) is 28.0 Å². The molecule has 0 radical (unpaired) electrons. The van der Waals surface area contributed by atoms with Crippen LogP contribution in [0.3, 0.4) is 0 Å². The van der Waals surface area contributed by atoms with Gasteiger partial charge in [-0.05, 0) is 36.3 Å². The summed E-state index contributed by atoms with van der Waals surface area (Å²) in [5.41, 5.74) is 4.03. The average molecular weight is 477 g/mol. The molecular weight excluding hydrogens is 452 g/mol. The molecule has 168 valence electrons. The highest BCUT2D eigenvalue weighted by atomic mass is 32.1. The van der Waals surface area contributed by atoms with Crippen LogP contribution in [0.2, 0.25) is 0 Å². The summed E-state index contributed by atoms with van der Waals surface area (Å²) >= 11 is 6.96. The van der Waals surface area contributed by atoms with Gasteiger partial charge in [0, 0.05) is 23.6 Å². The van der Waals surface area contributed by atoms with Crippen LogP contribution < -0.4 is 10.6 Å². The number of carbonyl (C=O) groups is 1. The van der Waals surface area contributed by atoms with E-state index in [1.165, 1.54) is 35.1 Å². The predicted molar refractivity (Wildman–Crippen MR) is 137 cm³/mol. The Kier molecular flexibility index (Phi) is 7.16. The molecule has 0 aliphatic carbocycles. The predicted octanol–water partition coefficient (Wildman–Crippen LogP) is 5.49. The molecule has 2 N–H and O–H groups in total. The summed E-state index contributed by atoms with van der Waals surface area (Å²) < 4.78 is 6.80. The van der Waals surface area contributed by atoms with Gasteiger partial charge in [0.15, 0.2) is 10.9 Å². The molecule has 33 heavy (non-hydrogen) atoms. The second-order valence-corrected chi connectivity index (χ2v) is 9.12. The number of rotatable bonds is 7. The van der Waals surface area contributed by atoms with Crippen molar-refractivity contribution in [3.63, 3.8) is 0 Å². The number of ether oxygens (including phenoxy) is 1. The fraction of sp³-hybridized carbons (Fsp3) is 0.160. The first-order chi connectivity index (χ1) is 16.0. The van der Waals surface area contributed by atoms with Crippen LogP contribution in [-0.2, 0) is 17.7 Å². The monoisotopic (exact) mass is 476 g/mol. The number of esters is 1. The van der Waals surface area contributed by atoms with Gasteiger partial charge in [-0.3, -0.25) is 4.68 Å². The third-order valence-corrected chi connectivity index (χ3v) is 6.24. The summed E-state index contributed by atoms with van der Waals surface area (Å²) in [6.07, 6.45) is 2.62. The molecule has 2 heterocycles. The molecule has 0 saturated heterocycles. The molecule has 0 spiro atoms. The van der Waals surface area contributed by atoms with Gasteiger partial charge in [0.2, 0.25) is 0 Å². The first-order valence-electron chi connectivity index (χ1n) is 10.4. The highest BCUT2D eigenvalue weighted by Crippen LogP contribution is 2.30. The first-order valence-corrected chi connectivity index (χ1v) is 11.6. The van der Waals surface area contributed by atoms with Gasteiger partial charge in [0.05, 0.1) is 19.2 Å². The van der Waals surface area contributed by atoms with Gasteiger partial charge in [-0.1, -0.05) is 60.2 Å². The van der Waals surface area contributed by atoms with Crippen molar-refractivity contribution >= 4 is 45.5 Å². The Labute approximate surface area is 202 Å². The van der Waals surface area contributed by atoms with Gasteiger partial charge in [-0.25, -0.2) is 4.79 Å². The lowest BCUT2D eigenvalue weighted by molar-refractivity contribution is 0.0602. The van der Waals surface area contributed by atoms with E-state index in [0.717, 1.165) is 11.3 Å². The topological polar surface area (TPSA) is 68.2 Å². The molecule has 2 aromatic heterocycles. The van der Waals surface area contributed by atoms with Crippen molar-refractivity contribution in [2.45, 2.75) is 19.9 Å². The molecule has 2 aromatic carbocycles. The molecule has 0 saturated carbocycles. The lowest BCUT2D eigenvalue weighted by Crippen LogP contribution is -2.20. The van der Waals surface area contributed by atoms with E-state index in [2.05, 4.69) is 59.1 Å². The number of anilines is 2. The fourth-order valence-corrected chi connectivity index (χ4v) is 4.68. The molecule has 8 heteroatoms. The van der Waals surface area contributed by atoms with E-state index in [1.807, 2.05) is 41.2 Å². The normalized spacial score (nSPS) is 10.6.